The van der Waals surface area contributed by atoms with Crippen LogP contribution in [0.25, 0.3) is 0 Å². The van der Waals surface area contributed by atoms with Crippen molar-refractivity contribution in [3.05, 3.63) is 77.9 Å². The van der Waals surface area contributed by atoms with Crippen molar-refractivity contribution in [2.75, 3.05) is 48.2 Å². The number of carbonyl (C=O) groups excluding carboxylic acids is 1. The fraction of sp³-hybridized carbons (Fsp3) is 0.240. The number of morpholine rings is 1. The van der Waals surface area contributed by atoms with Crippen LogP contribution < -0.4 is 24.6 Å². The van der Waals surface area contributed by atoms with Gasteiger partial charge in [0.05, 0.1) is 18.8 Å². The van der Waals surface area contributed by atoms with Gasteiger partial charge in [0, 0.05) is 30.2 Å². The Kier molecular flexibility index (Phi) is 4.61. The van der Waals surface area contributed by atoms with Crippen molar-refractivity contribution in [3.63, 3.8) is 0 Å². The van der Waals surface area contributed by atoms with E-state index in [1.807, 2.05) is 59.5 Å². The van der Waals surface area contributed by atoms with Crippen molar-refractivity contribution in [3.8, 4) is 11.5 Å². The first-order valence-corrected chi connectivity index (χ1v) is 10.8. The molecule has 1 atom stereocenters. The second-order valence-electron chi connectivity index (χ2n) is 8.00. The monoisotopic (exact) mass is 429 g/mol. The Morgan fingerprint density at radius 3 is 2.44 bits per heavy atom. The van der Waals surface area contributed by atoms with Crippen molar-refractivity contribution < 1.29 is 19.0 Å². The Balaban J connectivity index is 1.39. The molecule has 3 aliphatic heterocycles. The minimum Gasteiger partial charge on any atom is -0.454 e. The molecule has 1 amide bonds. The summed E-state index contributed by atoms with van der Waals surface area (Å²) in [4.78, 5) is 17.7. The largest absolute Gasteiger partial charge is 0.454 e. The fourth-order valence-electron chi connectivity index (χ4n) is 4.48. The van der Waals surface area contributed by atoms with Crippen molar-refractivity contribution in [1.29, 1.82) is 0 Å². The van der Waals surface area contributed by atoms with Crippen LogP contribution in [0.2, 0.25) is 0 Å². The second kappa shape index (κ2) is 7.76. The highest BCUT2D eigenvalue weighted by Crippen LogP contribution is 2.40. The number of benzene rings is 3. The molecule has 1 fully saturated rings. The second-order valence-corrected chi connectivity index (χ2v) is 8.00. The average molecular weight is 429 g/mol. The van der Waals surface area contributed by atoms with E-state index in [9.17, 15) is 4.79 Å². The molecular weight excluding hydrogens is 406 g/mol. The molecule has 0 aliphatic carbocycles. The van der Waals surface area contributed by atoms with E-state index in [1.165, 1.54) is 0 Å². The fourth-order valence-corrected chi connectivity index (χ4v) is 4.48. The highest BCUT2D eigenvalue weighted by Gasteiger charge is 2.34. The van der Waals surface area contributed by atoms with Gasteiger partial charge in [0.25, 0.3) is 5.91 Å². The van der Waals surface area contributed by atoms with E-state index < -0.39 is 0 Å². The number of amides is 1. The van der Waals surface area contributed by atoms with Gasteiger partial charge >= 0.3 is 0 Å². The number of nitrogens with one attached hydrogen (secondary N) is 1. The first-order valence-electron chi connectivity index (χ1n) is 10.8. The highest BCUT2D eigenvalue weighted by molar-refractivity contribution is 6.12. The molecule has 3 aromatic carbocycles. The number of hydrogen-bond acceptors (Lipinski definition) is 6. The number of nitrogens with zero attached hydrogens (tertiary/aromatic N) is 2. The predicted molar refractivity (Wildman–Crippen MR) is 122 cm³/mol. The molecule has 0 bridgehead atoms. The zero-order valence-corrected chi connectivity index (χ0v) is 17.5. The van der Waals surface area contributed by atoms with Crippen molar-refractivity contribution in [1.82, 2.24) is 0 Å². The molecule has 7 heteroatoms. The van der Waals surface area contributed by atoms with E-state index in [-0.39, 0.29) is 18.9 Å². The highest BCUT2D eigenvalue weighted by atomic mass is 16.7. The lowest BCUT2D eigenvalue weighted by Crippen LogP contribution is -2.43. The van der Waals surface area contributed by atoms with Crippen LogP contribution in [0.4, 0.5) is 17.1 Å². The summed E-state index contributed by atoms with van der Waals surface area (Å²) in [6.07, 6.45) is -0.374. The lowest BCUT2D eigenvalue weighted by atomic mass is 10.0. The standard InChI is InChI=1S/C25H23N3O4/c29-25-20-3-1-2-4-21(20)26-24(17-5-10-22-23(15-17)32-16-31-22)28(25)19-8-6-18(7-9-19)27-11-13-30-14-12-27/h1-10,15,24,26H,11-14,16H2/t24-/m1/s1. The zero-order chi connectivity index (χ0) is 21.5. The van der Waals surface area contributed by atoms with Crippen LogP contribution >= 0.6 is 0 Å². The zero-order valence-electron chi connectivity index (χ0n) is 17.5. The first kappa shape index (κ1) is 19.0. The molecule has 0 unspecified atom stereocenters. The third kappa shape index (κ3) is 3.22. The van der Waals surface area contributed by atoms with Crippen LogP contribution in [-0.2, 0) is 4.74 Å². The first-order chi connectivity index (χ1) is 15.8. The van der Waals surface area contributed by atoms with Gasteiger partial charge in [-0.1, -0.05) is 18.2 Å². The summed E-state index contributed by atoms with van der Waals surface area (Å²) in [6, 6.07) is 21.6. The number of ether oxygens (including phenoxy) is 3. The molecule has 32 heavy (non-hydrogen) atoms. The summed E-state index contributed by atoms with van der Waals surface area (Å²) >= 11 is 0. The number of anilines is 3. The van der Waals surface area contributed by atoms with Gasteiger partial charge in [0.1, 0.15) is 6.17 Å². The Morgan fingerprint density at radius 2 is 1.59 bits per heavy atom. The van der Waals surface area contributed by atoms with Gasteiger partial charge in [-0.05, 0) is 54.1 Å². The van der Waals surface area contributed by atoms with Gasteiger partial charge in [0.2, 0.25) is 6.79 Å². The quantitative estimate of drug-likeness (QED) is 0.679. The minimum absolute atomic E-state index is 0.0406. The third-order valence-electron chi connectivity index (χ3n) is 6.14. The summed E-state index contributed by atoms with van der Waals surface area (Å²) < 4.78 is 16.5. The summed E-state index contributed by atoms with van der Waals surface area (Å²) in [7, 11) is 0. The lowest BCUT2D eigenvalue weighted by molar-refractivity contribution is 0.0975. The van der Waals surface area contributed by atoms with Gasteiger partial charge in [-0.15, -0.1) is 0 Å². The number of carbonyl (C=O) groups is 1. The third-order valence-corrected chi connectivity index (χ3v) is 6.14. The Hall–Kier alpha value is -3.71. The lowest BCUT2D eigenvalue weighted by Gasteiger charge is -2.38. The SMILES string of the molecule is O=C1c2ccccc2N[C@@H](c2ccc3c(c2)OCO3)N1c1ccc(N2CCOCC2)cc1. The van der Waals surface area contributed by atoms with E-state index in [0.29, 0.717) is 11.3 Å². The molecule has 6 rings (SSSR count). The van der Waals surface area contributed by atoms with Crippen LogP contribution in [0.3, 0.4) is 0 Å². The van der Waals surface area contributed by atoms with Crippen molar-refractivity contribution in [2.45, 2.75) is 6.17 Å². The topological polar surface area (TPSA) is 63.3 Å². The molecule has 0 saturated carbocycles. The maximum Gasteiger partial charge on any atom is 0.262 e. The molecule has 3 aromatic rings. The van der Waals surface area contributed by atoms with Gasteiger partial charge in [-0.3, -0.25) is 9.69 Å². The van der Waals surface area contributed by atoms with E-state index in [1.54, 1.807) is 0 Å². The van der Waals surface area contributed by atoms with Crippen LogP contribution in [0.5, 0.6) is 11.5 Å². The van der Waals surface area contributed by atoms with E-state index in [0.717, 1.165) is 54.7 Å². The number of fused-ring (bicyclic) bond motifs is 2. The summed E-state index contributed by atoms with van der Waals surface area (Å²) in [5.74, 6) is 1.37. The van der Waals surface area contributed by atoms with Crippen LogP contribution in [0.1, 0.15) is 22.1 Å². The molecule has 1 N–H and O–H groups in total. The Bertz CT molecular complexity index is 1160. The van der Waals surface area contributed by atoms with Crippen molar-refractivity contribution in [2.24, 2.45) is 0 Å². The average Bonchev–Trinajstić information content (AvgIpc) is 3.33. The van der Waals surface area contributed by atoms with E-state index in [4.69, 9.17) is 14.2 Å². The molecular formula is C25H23N3O4. The number of rotatable bonds is 3. The molecule has 162 valence electrons. The number of hydrogen-bond donors (Lipinski definition) is 1. The molecule has 3 heterocycles. The molecule has 0 aromatic heterocycles. The molecule has 1 saturated heterocycles. The smallest absolute Gasteiger partial charge is 0.262 e. The van der Waals surface area contributed by atoms with Gasteiger partial charge < -0.3 is 24.4 Å². The Labute approximate surface area is 186 Å². The summed E-state index contributed by atoms with van der Waals surface area (Å²) in [6.45, 7) is 3.43. The Morgan fingerprint density at radius 1 is 0.844 bits per heavy atom. The van der Waals surface area contributed by atoms with Gasteiger partial charge in [-0.25, -0.2) is 0 Å². The van der Waals surface area contributed by atoms with Crippen LogP contribution in [0.15, 0.2) is 66.7 Å². The summed E-state index contributed by atoms with van der Waals surface area (Å²) in [5, 5.41) is 3.54. The van der Waals surface area contributed by atoms with E-state index in [2.05, 4.69) is 22.3 Å². The van der Waals surface area contributed by atoms with E-state index >= 15 is 0 Å². The maximum atomic E-state index is 13.6. The van der Waals surface area contributed by atoms with Gasteiger partial charge in [-0.2, -0.15) is 0 Å². The van der Waals surface area contributed by atoms with Gasteiger partial charge in [0.15, 0.2) is 11.5 Å². The normalized spacial score (nSPS) is 19.5. The van der Waals surface area contributed by atoms with Crippen molar-refractivity contribution >= 4 is 23.0 Å². The van der Waals surface area contributed by atoms with Crippen LogP contribution in [0, 0.1) is 0 Å². The maximum absolute atomic E-state index is 13.6. The minimum atomic E-state index is -0.374. The molecule has 3 aliphatic rings. The molecule has 0 spiro atoms. The predicted octanol–water partition coefficient (Wildman–Crippen LogP) is 4.02. The summed E-state index contributed by atoms with van der Waals surface area (Å²) in [5.41, 5.74) is 4.36. The van der Waals surface area contributed by atoms with Crippen LogP contribution in [-0.4, -0.2) is 39.0 Å². The molecule has 7 nitrogen and oxygen atoms in total. The molecule has 0 radical (unpaired) electrons. The number of para-hydroxylation sites is 1.